The Morgan fingerprint density at radius 2 is 1.95 bits per heavy atom. The number of rotatable bonds is 6. The van der Waals surface area contributed by atoms with Crippen molar-refractivity contribution in [3.63, 3.8) is 0 Å². The zero-order chi connectivity index (χ0) is 14.4. The molecule has 0 radical (unpaired) electrons. The second-order valence-electron chi connectivity index (χ2n) is 5.48. The number of likely N-dealkylation sites (tertiary alicyclic amines) is 1. The molecule has 0 aromatic heterocycles. The number of Topliss-reactive ketones (excluding diaryl/α,β-unsaturated/α-hetero) is 1. The monoisotopic (exact) mass is 277 g/mol. The van der Waals surface area contributed by atoms with E-state index in [4.69, 9.17) is 0 Å². The summed E-state index contributed by atoms with van der Waals surface area (Å²) in [5.74, 6) is 0.278. The first-order chi connectivity index (χ1) is 9.74. The lowest BCUT2D eigenvalue weighted by atomic mass is 9.90. The molecule has 0 aliphatic carbocycles. The molecule has 4 nitrogen and oxygen atoms in total. The third-order valence-corrected chi connectivity index (χ3v) is 4.07. The van der Waals surface area contributed by atoms with Crippen molar-refractivity contribution in [2.75, 3.05) is 26.3 Å². The molecule has 2 rings (SSSR count). The van der Waals surface area contributed by atoms with Crippen LogP contribution in [-0.4, -0.2) is 53.2 Å². The summed E-state index contributed by atoms with van der Waals surface area (Å²) in [4.78, 5) is 14.4. The quantitative estimate of drug-likeness (QED) is 0.810. The predicted molar refractivity (Wildman–Crippen MR) is 77.4 cm³/mol. The highest BCUT2D eigenvalue weighted by Crippen LogP contribution is 2.20. The van der Waals surface area contributed by atoms with E-state index in [1.807, 2.05) is 35.2 Å². The number of benzene rings is 1. The van der Waals surface area contributed by atoms with E-state index in [-0.39, 0.29) is 31.0 Å². The number of ketones is 1. The van der Waals surface area contributed by atoms with Crippen molar-refractivity contribution in [2.24, 2.45) is 5.92 Å². The molecule has 0 saturated carbocycles. The van der Waals surface area contributed by atoms with E-state index in [0.717, 1.165) is 24.9 Å². The van der Waals surface area contributed by atoms with E-state index in [9.17, 15) is 15.0 Å². The molecule has 1 fully saturated rings. The molecular formula is C16H23NO3. The first-order valence-corrected chi connectivity index (χ1v) is 7.27. The van der Waals surface area contributed by atoms with Crippen molar-refractivity contribution in [1.82, 2.24) is 4.90 Å². The number of aliphatic hydroxyl groups is 2. The van der Waals surface area contributed by atoms with E-state index in [0.29, 0.717) is 13.0 Å². The van der Waals surface area contributed by atoms with Gasteiger partial charge in [0.15, 0.2) is 0 Å². The van der Waals surface area contributed by atoms with Crippen molar-refractivity contribution in [3.8, 4) is 0 Å². The summed E-state index contributed by atoms with van der Waals surface area (Å²) in [6.07, 6.45) is 2.33. The van der Waals surface area contributed by atoms with Crippen molar-refractivity contribution in [3.05, 3.63) is 35.9 Å². The van der Waals surface area contributed by atoms with Gasteiger partial charge in [-0.25, -0.2) is 0 Å². The van der Waals surface area contributed by atoms with Gasteiger partial charge in [-0.3, -0.25) is 9.69 Å². The molecule has 4 heteroatoms. The molecule has 1 aliphatic rings. The van der Waals surface area contributed by atoms with Crippen molar-refractivity contribution in [1.29, 1.82) is 0 Å². The van der Waals surface area contributed by atoms with E-state index in [1.54, 1.807) is 0 Å². The Morgan fingerprint density at radius 1 is 1.25 bits per heavy atom. The lowest BCUT2D eigenvalue weighted by Crippen LogP contribution is -2.48. The van der Waals surface area contributed by atoms with Crippen LogP contribution in [0.15, 0.2) is 30.3 Å². The van der Waals surface area contributed by atoms with Gasteiger partial charge in [-0.15, -0.1) is 0 Å². The molecule has 110 valence electrons. The summed E-state index contributed by atoms with van der Waals surface area (Å²) in [7, 11) is 0. The van der Waals surface area contributed by atoms with Crippen LogP contribution in [0.25, 0.3) is 0 Å². The second kappa shape index (κ2) is 7.53. The highest BCUT2D eigenvalue weighted by molar-refractivity contribution is 5.83. The molecule has 1 aromatic carbocycles. The van der Waals surface area contributed by atoms with Gasteiger partial charge in [0.25, 0.3) is 0 Å². The standard InChI is InChI=1S/C16H23NO3/c18-11-15(12-19)17-8-4-7-14(10-17)16(20)9-13-5-2-1-3-6-13/h1-3,5-6,14-15,18-19H,4,7-12H2. The maximum absolute atomic E-state index is 12.4. The normalized spacial score (nSPS) is 20.2. The summed E-state index contributed by atoms with van der Waals surface area (Å²) in [6, 6.07) is 9.56. The molecule has 1 atom stereocenters. The van der Waals surface area contributed by atoms with Crippen LogP contribution in [0.5, 0.6) is 0 Å². The fraction of sp³-hybridized carbons (Fsp3) is 0.562. The topological polar surface area (TPSA) is 60.8 Å². The fourth-order valence-electron chi connectivity index (χ4n) is 2.83. The molecule has 20 heavy (non-hydrogen) atoms. The van der Waals surface area contributed by atoms with Crippen LogP contribution < -0.4 is 0 Å². The Bertz CT molecular complexity index is 417. The fourth-order valence-corrected chi connectivity index (χ4v) is 2.83. The van der Waals surface area contributed by atoms with Gasteiger partial charge in [-0.05, 0) is 24.9 Å². The Kier molecular flexibility index (Phi) is 5.71. The Morgan fingerprint density at radius 3 is 2.60 bits per heavy atom. The van der Waals surface area contributed by atoms with Gasteiger partial charge >= 0.3 is 0 Å². The maximum Gasteiger partial charge on any atom is 0.141 e. The smallest absolute Gasteiger partial charge is 0.141 e. The van der Waals surface area contributed by atoms with E-state index in [1.165, 1.54) is 0 Å². The molecule has 1 saturated heterocycles. The van der Waals surface area contributed by atoms with Crippen LogP contribution in [0.2, 0.25) is 0 Å². The van der Waals surface area contributed by atoms with Crippen LogP contribution >= 0.6 is 0 Å². The molecule has 0 bridgehead atoms. The number of piperidine rings is 1. The first-order valence-electron chi connectivity index (χ1n) is 7.27. The zero-order valence-electron chi connectivity index (χ0n) is 11.7. The summed E-state index contributed by atoms with van der Waals surface area (Å²) >= 11 is 0. The minimum atomic E-state index is -0.234. The molecular weight excluding hydrogens is 254 g/mol. The molecule has 0 spiro atoms. The molecule has 2 N–H and O–H groups in total. The average Bonchev–Trinajstić information content (AvgIpc) is 2.50. The van der Waals surface area contributed by atoms with Gasteiger partial charge in [0.1, 0.15) is 5.78 Å². The van der Waals surface area contributed by atoms with Crippen LogP contribution in [0.3, 0.4) is 0 Å². The number of carbonyl (C=O) groups excluding carboxylic acids is 1. The Hall–Kier alpha value is -1.23. The van der Waals surface area contributed by atoms with Gasteiger partial charge in [-0.1, -0.05) is 30.3 Å². The highest BCUT2D eigenvalue weighted by Gasteiger charge is 2.28. The minimum Gasteiger partial charge on any atom is -0.395 e. The lowest BCUT2D eigenvalue weighted by molar-refractivity contribution is -0.124. The molecule has 1 heterocycles. The summed E-state index contributed by atoms with van der Waals surface area (Å²) < 4.78 is 0. The average molecular weight is 277 g/mol. The van der Waals surface area contributed by atoms with Crippen LogP contribution in [0.4, 0.5) is 0 Å². The van der Waals surface area contributed by atoms with Crippen molar-refractivity contribution >= 4 is 5.78 Å². The molecule has 1 aromatic rings. The highest BCUT2D eigenvalue weighted by atomic mass is 16.3. The van der Waals surface area contributed by atoms with Crippen LogP contribution in [0, 0.1) is 5.92 Å². The van der Waals surface area contributed by atoms with Crippen LogP contribution in [0.1, 0.15) is 18.4 Å². The number of carbonyl (C=O) groups is 1. The maximum atomic E-state index is 12.4. The molecule has 1 aliphatic heterocycles. The van der Waals surface area contributed by atoms with E-state index < -0.39 is 0 Å². The predicted octanol–water partition coefficient (Wildman–Crippen LogP) is 0.863. The van der Waals surface area contributed by atoms with E-state index in [2.05, 4.69) is 0 Å². The van der Waals surface area contributed by atoms with Gasteiger partial charge in [0, 0.05) is 18.9 Å². The van der Waals surface area contributed by atoms with Gasteiger partial charge < -0.3 is 10.2 Å². The van der Waals surface area contributed by atoms with Gasteiger partial charge in [0.05, 0.1) is 19.3 Å². The van der Waals surface area contributed by atoms with Crippen molar-refractivity contribution < 1.29 is 15.0 Å². The van der Waals surface area contributed by atoms with E-state index >= 15 is 0 Å². The number of hydrogen-bond acceptors (Lipinski definition) is 4. The third kappa shape index (κ3) is 3.88. The second-order valence-corrected chi connectivity index (χ2v) is 5.48. The number of nitrogens with zero attached hydrogens (tertiary/aromatic N) is 1. The molecule has 0 amide bonds. The molecule has 1 unspecified atom stereocenters. The van der Waals surface area contributed by atoms with Gasteiger partial charge in [0.2, 0.25) is 0 Å². The number of aliphatic hydroxyl groups excluding tert-OH is 2. The first kappa shape index (κ1) is 15.2. The van der Waals surface area contributed by atoms with Gasteiger partial charge in [-0.2, -0.15) is 0 Å². The largest absolute Gasteiger partial charge is 0.395 e. The Labute approximate surface area is 120 Å². The summed E-state index contributed by atoms with van der Waals surface area (Å²) in [5.41, 5.74) is 1.05. The van der Waals surface area contributed by atoms with Crippen molar-refractivity contribution in [2.45, 2.75) is 25.3 Å². The van der Waals surface area contributed by atoms with Crippen LogP contribution in [-0.2, 0) is 11.2 Å². The zero-order valence-corrected chi connectivity index (χ0v) is 11.7. The lowest BCUT2D eigenvalue weighted by Gasteiger charge is -2.36. The number of hydrogen-bond donors (Lipinski definition) is 2. The third-order valence-electron chi connectivity index (χ3n) is 4.07. The summed E-state index contributed by atoms with van der Waals surface area (Å²) in [5, 5.41) is 18.5. The minimum absolute atomic E-state index is 0.0181. The SMILES string of the molecule is O=C(Cc1ccccc1)C1CCCN(C(CO)CO)C1. The summed E-state index contributed by atoms with van der Waals surface area (Å²) in [6.45, 7) is 1.38. The Balaban J connectivity index is 1.93.